The largest absolute Gasteiger partial charge is 0.507 e. The van der Waals surface area contributed by atoms with Crippen LogP contribution < -0.4 is 0 Å². The summed E-state index contributed by atoms with van der Waals surface area (Å²) in [6, 6.07) is 15.3. The van der Waals surface area contributed by atoms with Gasteiger partial charge in [0.1, 0.15) is 5.75 Å². The molecule has 2 aromatic carbocycles. The Balaban J connectivity index is 1.76. The summed E-state index contributed by atoms with van der Waals surface area (Å²) in [6.07, 6.45) is 0. The molecule has 1 heterocycles. The Hall–Kier alpha value is -2.27. The lowest BCUT2D eigenvalue weighted by atomic mass is 10.1. The molecule has 106 valence electrons. The van der Waals surface area contributed by atoms with Gasteiger partial charge in [0.05, 0.1) is 11.3 Å². The van der Waals surface area contributed by atoms with E-state index in [4.69, 9.17) is 4.52 Å². The lowest BCUT2D eigenvalue weighted by Gasteiger charge is -2.00. The van der Waals surface area contributed by atoms with Gasteiger partial charge in [0.2, 0.25) is 0 Å². The van der Waals surface area contributed by atoms with Crippen molar-refractivity contribution < 1.29 is 9.63 Å². The zero-order valence-electron chi connectivity index (χ0n) is 11.5. The first-order valence-electron chi connectivity index (χ1n) is 6.53. The quantitative estimate of drug-likeness (QED) is 0.736. The molecule has 0 fully saturated rings. The van der Waals surface area contributed by atoms with E-state index in [1.807, 2.05) is 49.4 Å². The fourth-order valence-electron chi connectivity index (χ4n) is 1.91. The number of aromatic hydroxyl groups is 1. The average molecular weight is 298 g/mol. The maximum atomic E-state index is 9.87. The molecule has 0 aliphatic heterocycles. The lowest BCUT2D eigenvalue weighted by molar-refractivity contribution is 0.419. The molecule has 1 aromatic heterocycles. The predicted molar refractivity (Wildman–Crippen MR) is 82.1 cm³/mol. The second-order valence-electron chi connectivity index (χ2n) is 4.64. The highest BCUT2D eigenvalue weighted by Gasteiger charge is 2.13. The summed E-state index contributed by atoms with van der Waals surface area (Å²) in [6.45, 7) is 1.95. The smallest absolute Gasteiger partial charge is 0.261 e. The Morgan fingerprint density at radius 1 is 1.14 bits per heavy atom. The minimum absolute atomic E-state index is 0.145. The molecule has 0 aliphatic carbocycles. The monoisotopic (exact) mass is 298 g/mol. The topological polar surface area (TPSA) is 59.2 Å². The highest BCUT2D eigenvalue weighted by molar-refractivity contribution is 7.98. The van der Waals surface area contributed by atoms with Crippen LogP contribution in [0.1, 0.15) is 11.4 Å². The maximum Gasteiger partial charge on any atom is 0.261 e. The summed E-state index contributed by atoms with van der Waals surface area (Å²) >= 11 is 1.64. The SMILES string of the molecule is Cc1ccc(O)c(-c2nc(CSc3ccccc3)no2)c1. The number of phenolic OH excluding ortho intramolecular Hbond substituents is 1. The normalized spacial score (nSPS) is 10.7. The van der Waals surface area contributed by atoms with E-state index in [9.17, 15) is 5.11 Å². The summed E-state index contributed by atoms with van der Waals surface area (Å²) in [4.78, 5) is 5.49. The second kappa shape index (κ2) is 6.01. The summed E-state index contributed by atoms with van der Waals surface area (Å²) in [5.41, 5.74) is 1.60. The van der Waals surface area contributed by atoms with E-state index < -0.39 is 0 Å². The number of thioether (sulfide) groups is 1. The maximum absolute atomic E-state index is 9.87. The Bertz CT molecular complexity index is 741. The molecule has 0 aliphatic rings. The molecule has 0 bridgehead atoms. The van der Waals surface area contributed by atoms with Crippen molar-refractivity contribution in [2.45, 2.75) is 17.6 Å². The van der Waals surface area contributed by atoms with Crippen molar-refractivity contribution in [2.24, 2.45) is 0 Å². The van der Waals surface area contributed by atoms with E-state index in [1.165, 1.54) is 0 Å². The Labute approximate surface area is 126 Å². The van der Waals surface area contributed by atoms with Gasteiger partial charge in [-0.15, -0.1) is 11.8 Å². The van der Waals surface area contributed by atoms with Crippen LogP contribution in [0.4, 0.5) is 0 Å². The first-order valence-corrected chi connectivity index (χ1v) is 7.51. The minimum Gasteiger partial charge on any atom is -0.507 e. The molecule has 0 atom stereocenters. The van der Waals surface area contributed by atoms with Crippen LogP contribution in [-0.4, -0.2) is 15.2 Å². The third kappa shape index (κ3) is 3.25. The highest BCUT2D eigenvalue weighted by atomic mass is 32.2. The van der Waals surface area contributed by atoms with E-state index in [-0.39, 0.29) is 5.75 Å². The zero-order chi connectivity index (χ0) is 14.7. The van der Waals surface area contributed by atoms with Crippen molar-refractivity contribution >= 4 is 11.8 Å². The van der Waals surface area contributed by atoms with Crippen LogP contribution in [0.2, 0.25) is 0 Å². The van der Waals surface area contributed by atoms with Crippen molar-refractivity contribution in [2.75, 3.05) is 0 Å². The van der Waals surface area contributed by atoms with Crippen LogP contribution in [-0.2, 0) is 5.75 Å². The molecule has 0 unspecified atom stereocenters. The summed E-state index contributed by atoms with van der Waals surface area (Å²) in [7, 11) is 0. The Morgan fingerprint density at radius 3 is 2.76 bits per heavy atom. The molecular weight excluding hydrogens is 284 g/mol. The molecule has 0 saturated carbocycles. The molecule has 0 amide bonds. The minimum atomic E-state index is 0.145. The molecule has 0 spiro atoms. The lowest BCUT2D eigenvalue weighted by Crippen LogP contribution is -1.85. The number of rotatable bonds is 4. The van der Waals surface area contributed by atoms with Gasteiger partial charge in [0.25, 0.3) is 5.89 Å². The van der Waals surface area contributed by atoms with Crippen molar-refractivity contribution in [1.82, 2.24) is 10.1 Å². The van der Waals surface area contributed by atoms with Gasteiger partial charge in [-0.2, -0.15) is 4.98 Å². The molecule has 0 radical (unpaired) electrons. The third-order valence-corrected chi connectivity index (χ3v) is 3.97. The second-order valence-corrected chi connectivity index (χ2v) is 5.69. The number of phenols is 1. The van der Waals surface area contributed by atoms with Crippen LogP contribution in [0, 0.1) is 6.92 Å². The Morgan fingerprint density at radius 2 is 1.95 bits per heavy atom. The average Bonchev–Trinajstić information content (AvgIpc) is 2.97. The van der Waals surface area contributed by atoms with Crippen molar-refractivity contribution in [3.05, 3.63) is 59.9 Å². The first kappa shape index (κ1) is 13.7. The first-order chi connectivity index (χ1) is 10.2. The number of aryl methyl sites for hydroxylation is 1. The molecule has 5 heteroatoms. The molecule has 21 heavy (non-hydrogen) atoms. The molecular formula is C16H14N2O2S. The number of benzene rings is 2. The van der Waals surface area contributed by atoms with E-state index in [0.29, 0.717) is 23.0 Å². The standard InChI is InChI=1S/C16H14N2O2S/c1-11-7-8-14(19)13(9-11)16-17-15(18-20-16)10-21-12-5-3-2-4-6-12/h2-9,19H,10H2,1H3. The van der Waals surface area contributed by atoms with Crippen molar-refractivity contribution in [1.29, 1.82) is 0 Å². The van der Waals surface area contributed by atoms with Gasteiger partial charge in [-0.1, -0.05) is 35.0 Å². The van der Waals surface area contributed by atoms with Gasteiger partial charge in [0.15, 0.2) is 5.82 Å². The third-order valence-electron chi connectivity index (χ3n) is 2.96. The number of aromatic nitrogens is 2. The van der Waals surface area contributed by atoms with E-state index in [1.54, 1.807) is 17.8 Å². The Kier molecular flexibility index (Phi) is 3.92. The van der Waals surface area contributed by atoms with E-state index in [0.717, 1.165) is 10.5 Å². The predicted octanol–water partition coefficient (Wildman–Crippen LogP) is 4.04. The van der Waals surface area contributed by atoms with Crippen molar-refractivity contribution in [3.8, 4) is 17.2 Å². The van der Waals surface area contributed by atoms with E-state index in [2.05, 4.69) is 10.1 Å². The van der Waals surface area contributed by atoms with Crippen molar-refractivity contribution in [3.63, 3.8) is 0 Å². The fraction of sp³-hybridized carbons (Fsp3) is 0.125. The van der Waals surface area contributed by atoms with Crippen LogP contribution in [0.25, 0.3) is 11.5 Å². The molecule has 3 rings (SSSR count). The van der Waals surface area contributed by atoms with Crippen LogP contribution in [0.5, 0.6) is 5.75 Å². The molecule has 1 N–H and O–H groups in total. The zero-order valence-corrected chi connectivity index (χ0v) is 12.3. The van der Waals surface area contributed by atoms with Crippen LogP contribution >= 0.6 is 11.8 Å². The summed E-state index contributed by atoms with van der Waals surface area (Å²) in [5, 5.41) is 13.8. The van der Waals surface area contributed by atoms with Crippen LogP contribution in [0.15, 0.2) is 57.9 Å². The van der Waals surface area contributed by atoms with Gasteiger partial charge >= 0.3 is 0 Å². The van der Waals surface area contributed by atoms with Crippen LogP contribution in [0.3, 0.4) is 0 Å². The van der Waals surface area contributed by atoms with Gasteiger partial charge < -0.3 is 9.63 Å². The van der Waals surface area contributed by atoms with Gasteiger partial charge in [0, 0.05) is 4.90 Å². The van der Waals surface area contributed by atoms with Gasteiger partial charge in [-0.3, -0.25) is 0 Å². The molecule has 4 nitrogen and oxygen atoms in total. The number of nitrogens with zero attached hydrogens (tertiary/aromatic N) is 2. The van der Waals surface area contributed by atoms with Gasteiger partial charge in [-0.05, 0) is 31.2 Å². The summed E-state index contributed by atoms with van der Waals surface area (Å²) < 4.78 is 5.24. The molecule has 3 aromatic rings. The number of hydrogen-bond donors (Lipinski definition) is 1. The molecule has 0 saturated heterocycles. The number of hydrogen-bond acceptors (Lipinski definition) is 5. The fourth-order valence-corrected chi connectivity index (χ4v) is 2.67. The highest BCUT2D eigenvalue weighted by Crippen LogP contribution is 2.29. The summed E-state index contributed by atoms with van der Waals surface area (Å²) in [5.74, 6) is 1.73. The van der Waals surface area contributed by atoms with Gasteiger partial charge in [-0.25, -0.2) is 0 Å². The van der Waals surface area contributed by atoms with E-state index >= 15 is 0 Å².